The number of hydrogen-bond acceptors (Lipinski definition) is 4. The number of ether oxygens (including phenoxy) is 2. The molecule has 0 bridgehead atoms. The van der Waals surface area contributed by atoms with Crippen LogP contribution in [0, 0.1) is 0 Å². The first-order valence-electron chi connectivity index (χ1n) is 12.9. The molecular formula is C32H41F2NO3S. The molecule has 0 saturated heterocycles. The van der Waals surface area contributed by atoms with Crippen LogP contribution in [0.3, 0.4) is 0 Å². The van der Waals surface area contributed by atoms with Crippen LogP contribution in [0.1, 0.15) is 62.0 Å². The smallest absolute Gasteiger partial charge is 0.248 e. The number of allylic oxidation sites excluding steroid dienone is 6. The molecule has 4 nitrogen and oxygen atoms in total. The number of methoxy groups -OCH3 is 1. The Hall–Kier alpha value is -3.16. The van der Waals surface area contributed by atoms with Gasteiger partial charge in [-0.05, 0) is 68.2 Å². The topological polar surface area (TPSA) is 61.5 Å². The second-order valence-corrected chi connectivity index (χ2v) is 9.34. The highest BCUT2D eigenvalue weighted by Gasteiger charge is 2.14. The van der Waals surface area contributed by atoms with Crippen LogP contribution in [0.5, 0.6) is 5.75 Å². The van der Waals surface area contributed by atoms with Gasteiger partial charge in [0.2, 0.25) is 5.91 Å². The second kappa shape index (κ2) is 18.2. The Kier molecular flexibility index (Phi) is 15.8. The van der Waals surface area contributed by atoms with Crippen molar-refractivity contribution in [1.82, 2.24) is 0 Å². The number of primary amides is 1. The lowest BCUT2D eigenvalue weighted by atomic mass is 10.0. The quantitative estimate of drug-likeness (QED) is 0.254. The van der Waals surface area contributed by atoms with Crippen molar-refractivity contribution in [2.45, 2.75) is 58.0 Å². The van der Waals surface area contributed by atoms with Crippen LogP contribution in [0.15, 0.2) is 88.6 Å². The molecule has 3 rings (SSSR count). The number of halogens is 2. The van der Waals surface area contributed by atoms with E-state index in [0.717, 1.165) is 27.2 Å². The molecule has 212 valence electrons. The number of amides is 1. The maximum atomic E-state index is 14.3. The predicted octanol–water partition coefficient (Wildman–Crippen LogP) is 8.25. The molecule has 1 atom stereocenters. The van der Waals surface area contributed by atoms with Crippen molar-refractivity contribution in [3.8, 4) is 5.75 Å². The fourth-order valence-electron chi connectivity index (χ4n) is 3.64. The van der Waals surface area contributed by atoms with Crippen LogP contribution in [-0.4, -0.2) is 32.9 Å². The number of carbonyl (C=O) groups is 1. The van der Waals surface area contributed by atoms with Crippen molar-refractivity contribution in [3.05, 3.63) is 100 Å². The zero-order valence-electron chi connectivity index (χ0n) is 23.8. The summed E-state index contributed by atoms with van der Waals surface area (Å²) >= 11 is 4.45. The van der Waals surface area contributed by atoms with Crippen LogP contribution in [0.25, 0.3) is 5.57 Å². The van der Waals surface area contributed by atoms with E-state index in [9.17, 15) is 13.6 Å². The third kappa shape index (κ3) is 12.1. The van der Waals surface area contributed by atoms with E-state index in [1.165, 1.54) is 12.2 Å². The number of alkyl halides is 1. The molecule has 0 heterocycles. The molecule has 39 heavy (non-hydrogen) atoms. The lowest BCUT2D eigenvalue weighted by Gasteiger charge is -2.13. The normalized spacial score (nSPS) is 15.5. The Morgan fingerprint density at radius 3 is 2.49 bits per heavy atom. The summed E-state index contributed by atoms with van der Waals surface area (Å²) in [5, 5.41) is 0. The summed E-state index contributed by atoms with van der Waals surface area (Å²) in [4.78, 5) is 12.2. The SMILES string of the molecule is C/C(=C/C=C(\C)c1cc(S)ccc1OCC1=C(F)CCC(F)C=C1)Cc1cccc(C(N)=O)c1.CC.COC. The molecule has 2 aromatic rings. The summed E-state index contributed by atoms with van der Waals surface area (Å²) in [6.07, 6.45) is 6.60. The van der Waals surface area contributed by atoms with Crippen molar-refractivity contribution in [3.63, 3.8) is 0 Å². The zero-order chi connectivity index (χ0) is 29.4. The molecule has 0 aromatic heterocycles. The minimum absolute atomic E-state index is 0.0202. The number of rotatable bonds is 8. The summed E-state index contributed by atoms with van der Waals surface area (Å²) in [6.45, 7) is 8.00. The van der Waals surface area contributed by atoms with E-state index >= 15 is 0 Å². The van der Waals surface area contributed by atoms with Gasteiger partial charge in [0, 0.05) is 42.2 Å². The molecule has 0 saturated carbocycles. The van der Waals surface area contributed by atoms with E-state index in [0.29, 0.717) is 23.3 Å². The molecule has 0 fully saturated rings. The highest BCUT2D eigenvalue weighted by molar-refractivity contribution is 7.80. The van der Waals surface area contributed by atoms with Crippen LogP contribution in [-0.2, 0) is 11.2 Å². The second-order valence-electron chi connectivity index (χ2n) is 8.83. The van der Waals surface area contributed by atoms with E-state index in [1.54, 1.807) is 32.4 Å². The average Bonchev–Trinajstić information content (AvgIpc) is 3.08. The van der Waals surface area contributed by atoms with Crippen molar-refractivity contribution >= 4 is 24.1 Å². The molecule has 2 aromatic carbocycles. The third-order valence-electron chi connectivity index (χ3n) is 5.58. The Morgan fingerprint density at radius 2 is 1.82 bits per heavy atom. The fraction of sp³-hybridized carbons (Fsp3) is 0.344. The van der Waals surface area contributed by atoms with Gasteiger partial charge in [-0.25, -0.2) is 8.78 Å². The number of carbonyl (C=O) groups excluding carboxylic acids is 1. The first kappa shape index (κ1) is 33.9. The van der Waals surface area contributed by atoms with Gasteiger partial charge in [-0.15, -0.1) is 12.6 Å². The zero-order valence-corrected chi connectivity index (χ0v) is 24.7. The van der Waals surface area contributed by atoms with Crippen LogP contribution in [0.2, 0.25) is 0 Å². The molecule has 1 aliphatic rings. The van der Waals surface area contributed by atoms with E-state index < -0.39 is 12.1 Å². The minimum atomic E-state index is -1.14. The average molecular weight is 558 g/mol. The summed E-state index contributed by atoms with van der Waals surface area (Å²) in [5.41, 5.74) is 10.1. The highest BCUT2D eigenvalue weighted by Crippen LogP contribution is 2.30. The molecular weight excluding hydrogens is 516 g/mol. The van der Waals surface area contributed by atoms with Gasteiger partial charge in [-0.3, -0.25) is 4.79 Å². The van der Waals surface area contributed by atoms with Gasteiger partial charge in [0.15, 0.2) is 0 Å². The largest absolute Gasteiger partial charge is 0.488 e. The number of thiol groups is 1. The Morgan fingerprint density at radius 1 is 1.13 bits per heavy atom. The standard InChI is InChI=1S/C28H29F2NO2S.C2H6O.C2H6/c1-18(14-20-4-3-5-21(15-20)28(31)32)6-7-19(2)25-16-24(34)11-13-27(25)33-17-22-8-9-23(29)10-12-26(22)30;1-3-2;1-2/h3-9,11,13,15-16,23,34H,10,12,14,17H2,1-2H3,(H2,31,32);1-2H3;1-2H3/b18-6-,19-7+;;. The van der Waals surface area contributed by atoms with Crippen LogP contribution < -0.4 is 10.5 Å². The third-order valence-corrected chi connectivity index (χ3v) is 5.86. The van der Waals surface area contributed by atoms with Gasteiger partial charge < -0.3 is 15.2 Å². The first-order valence-corrected chi connectivity index (χ1v) is 13.4. The summed E-state index contributed by atoms with van der Waals surface area (Å²) in [5.74, 6) is -0.186. The Labute approximate surface area is 237 Å². The maximum Gasteiger partial charge on any atom is 0.248 e. The molecule has 0 spiro atoms. The van der Waals surface area contributed by atoms with Crippen LogP contribution >= 0.6 is 12.6 Å². The molecule has 1 amide bonds. The van der Waals surface area contributed by atoms with Crippen molar-refractivity contribution < 1.29 is 23.0 Å². The maximum absolute atomic E-state index is 14.3. The molecule has 1 unspecified atom stereocenters. The van der Waals surface area contributed by atoms with Crippen molar-refractivity contribution in [1.29, 1.82) is 0 Å². The van der Waals surface area contributed by atoms with Gasteiger partial charge in [-0.1, -0.05) is 55.9 Å². The highest BCUT2D eigenvalue weighted by atomic mass is 32.1. The van der Waals surface area contributed by atoms with Gasteiger partial charge in [0.05, 0.1) is 0 Å². The molecule has 7 heteroatoms. The van der Waals surface area contributed by atoms with E-state index in [-0.39, 0.29) is 25.3 Å². The fourth-order valence-corrected chi connectivity index (χ4v) is 3.84. The summed E-state index contributed by atoms with van der Waals surface area (Å²) < 4.78 is 38.0. The Balaban J connectivity index is 0.00000142. The monoisotopic (exact) mass is 557 g/mol. The van der Waals surface area contributed by atoms with Crippen molar-refractivity contribution in [2.75, 3.05) is 20.8 Å². The molecule has 0 aliphatic heterocycles. The van der Waals surface area contributed by atoms with Crippen LogP contribution in [0.4, 0.5) is 8.78 Å². The summed E-state index contributed by atoms with van der Waals surface area (Å²) in [7, 11) is 3.25. The van der Waals surface area contributed by atoms with Crippen molar-refractivity contribution in [2.24, 2.45) is 5.73 Å². The first-order chi connectivity index (χ1) is 18.6. The lowest BCUT2D eigenvalue weighted by Crippen LogP contribution is -2.10. The molecule has 2 N–H and O–H groups in total. The minimum Gasteiger partial charge on any atom is -0.488 e. The predicted molar refractivity (Wildman–Crippen MR) is 161 cm³/mol. The number of hydrogen-bond donors (Lipinski definition) is 2. The van der Waals surface area contributed by atoms with E-state index in [2.05, 4.69) is 17.4 Å². The van der Waals surface area contributed by atoms with Gasteiger partial charge >= 0.3 is 0 Å². The van der Waals surface area contributed by atoms with Gasteiger partial charge in [0.1, 0.15) is 24.4 Å². The van der Waals surface area contributed by atoms with Gasteiger partial charge in [0.25, 0.3) is 0 Å². The lowest BCUT2D eigenvalue weighted by molar-refractivity contribution is 0.1000. The molecule has 1 aliphatic carbocycles. The number of benzene rings is 2. The van der Waals surface area contributed by atoms with Gasteiger partial charge in [-0.2, -0.15) is 0 Å². The Bertz CT molecular complexity index is 1200. The number of nitrogens with two attached hydrogens (primary N) is 1. The molecule has 0 radical (unpaired) electrons. The summed E-state index contributed by atoms with van der Waals surface area (Å²) in [6, 6.07) is 12.8. The van der Waals surface area contributed by atoms with E-state index in [4.69, 9.17) is 10.5 Å². The van der Waals surface area contributed by atoms with E-state index in [1.807, 2.05) is 64.1 Å².